The highest BCUT2D eigenvalue weighted by molar-refractivity contribution is 5.53. The molecule has 0 rings (SSSR count). The Morgan fingerprint density at radius 2 is 1.10 bits per heavy atom. The minimum absolute atomic E-state index is 0.250. The minimum Gasteiger partial charge on any atom is -0.450 e. The quantitative estimate of drug-likeness (QED) is 0.222. The van der Waals surface area contributed by atoms with E-state index in [9.17, 15) is 0 Å². The van der Waals surface area contributed by atoms with Gasteiger partial charge in [-0.1, -0.05) is 0 Å². The average molecular weight is 156 g/mol. The van der Waals surface area contributed by atoms with Gasteiger partial charge >= 0.3 is 6.16 Å². The van der Waals surface area contributed by atoms with Crippen molar-refractivity contribution in [1.82, 2.24) is 0 Å². The summed E-state index contributed by atoms with van der Waals surface area (Å²) in [7, 11) is 0. The molecule has 0 unspecified atom stereocenters. The zero-order valence-corrected chi connectivity index (χ0v) is 5.27. The van der Waals surface area contributed by atoms with Gasteiger partial charge in [-0.05, 0) is 0 Å². The molecule has 0 aliphatic rings. The van der Waals surface area contributed by atoms with Crippen molar-refractivity contribution in [3.63, 3.8) is 0 Å². The van der Waals surface area contributed by atoms with E-state index in [1.165, 1.54) is 0 Å². The number of aliphatic hydroxyl groups excluding tert-OH is 2. The van der Waals surface area contributed by atoms with Crippen molar-refractivity contribution < 1.29 is 25.2 Å². The highest BCUT2D eigenvalue weighted by Gasteiger charge is 1.70. The molecule has 0 radical (unpaired) electrons. The predicted octanol–water partition coefficient (Wildman–Crippen LogP) is -1.99. The second kappa shape index (κ2) is 24.3. The van der Waals surface area contributed by atoms with Gasteiger partial charge < -0.3 is 31.9 Å². The third-order valence-electron chi connectivity index (χ3n) is 0. The molecule has 7 heteroatoms. The molecular weight excluding hydrogens is 144 g/mol. The Hall–Kier alpha value is -0.890. The molecule has 0 heterocycles. The van der Waals surface area contributed by atoms with E-state index >= 15 is 0 Å². The van der Waals surface area contributed by atoms with Crippen molar-refractivity contribution in [3.8, 4) is 0 Å². The third kappa shape index (κ3) is 335. The molecule has 64 valence electrons. The Kier molecular flexibility index (Phi) is 39.0. The highest BCUT2D eigenvalue weighted by atomic mass is 16.6. The van der Waals surface area contributed by atoms with Crippen LogP contribution in [0.15, 0.2) is 0 Å². The summed E-state index contributed by atoms with van der Waals surface area (Å²) in [6.45, 7) is -0.500. The summed E-state index contributed by atoms with van der Waals surface area (Å²) in [5.74, 6) is 0. The lowest BCUT2D eigenvalue weighted by Gasteiger charge is -1.60. The number of hydrogen-bond acceptors (Lipinski definition) is 5. The number of carbonyl (C=O) groups is 1. The molecule has 0 fully saturated rings. The van der Waals surface area contributed by atoms with Gasteiger partial charge in [0, 0.05) is 0 Å². The smallest absolute Gasteiger partial charge is 0.450 e. The summed E-state index contributed by atoms with van der Waals surface area (Å²) in [6.07, 6.45) is -1.83. The minimum atomic E-state index is -1.83. The first kappa shape index (κ1) is 16.1. The molecule has 0 amide bonds. The van der Waals surface area contributed by atoms with Gasteiger partial charge in [0.1, 0.15) is 0 Å². The molecule has 7 nitrogen and oxygen atoms in total. The molecule has 0 aromatic rings. The summed E-state index contributed by atoms with van der Waals surface area (Å²) in [4.78, 5) is 8.56. The number of hydrogen-bond donors (Lipinski definition) is 6. The van der Waals surface area contributed by atoms with Crippen molar-refractivity contribution in [3.05, 3.63) is 0 Å². The number of carboxylic acid groups (broad SMARTS) is 2. The van der Waals surface area contributed by atoms with Crippen LogP contribution in [-0.2, 0) is 0 Å². The predicted molar refractivity (Wildman–Crippen MR) is 33.2 cm³/mol. The Morgan fingerprint density at radius 3 is 1.10 bits per heavy atom. The first-order chi connectivity index (χ1) is 4.56. The van der Waals surface area contributed by atoms with E-state index in [0.717, 1.165) is 0 Å². The molecule has 0 aliphatic carbocycles. The van der Waals surface area contributed by atoms with Crippen LogP contribution in [0.5, 0.6) is 0 Å². The standard InChI is InChI=1S/2CH5NO.CH2O3/c2*2-1-3;2-1(3)4/h2*3H,1-2H2;(H2,2,3,4). The van der Waals surface area contributed by atoms with E-state index in [4.69, 9.17) is 25.2 Å². The van der Waals surface area contributed by atoms with Crippen LogP contribution in [0.1, 0.15) is 0 Å². The third-order valence-corrected chi connectivity index (χ3v) is 0. The fraction of sp³-hybridized carbons (Fsp3) is 0.667. The summed E-state index contributed by atoms with van der Waals surface area (Å²) in [6, 6.07) is 0. The lowest BCUT2D eigenvalue weighted by atomic mass is 11.4. The van der Waals surface area contributed by atoms with Crippen LogP contribution in [0.4, 0.5) is 4.79 Å². The molecule has 8 N–H and O–H groups in total. The number of rotatable bonds is 0. The van der Waals surface area contributed by atoms with E-state index in [2.05, 4.69) is 11.5 Å². The van der Waals surface area contributed by atoms with Crippen LogP contribution >= 0.6 is 0 Å². The van der Waals surface area contributed by atoms with Crippen molar-refractivity contribution in [1.29, 1.82) is 0 Å². The molecule has 10 heavy (non-hydrogen) atoms. The molecule has 0 aromatic heterocycles. The maximum atomic E-state index is 8.56. The maximum absolute atomic E-state index is 8.56. The van der Waals surface area contributed by atoms with Crippen molar-refractivity contribution in [2.24, 2.45) is 11.5 Å². The largest absolute Gasteiger partial charge is 0.503 e. The number of aliphatic hydroxyl groups is 2. The van der Waals surface area contributed by atoms with Crippen molar-refractivity contribution in [2.45, 2.75) is 0 Å². The van der Waals surface area contributed by atoms with Gasteiger partial charge in [0.15, 0.2) is 0 Å². The fourth-order valence-electron chi connectivity index (χ4n) is 0. The Bertz CT molecular complexity index is 52.9. The SMILES string of the molecule is NCO.NCO.O=C(O)O. The van der Waals surface area contributed by atoms with Gasteiger partial charge in [0.05, 0.1) is 13.5 Å². The van der Waals surface area contributed by atoms with E-state index in [-0.39, 0.29) is 13.5 Å². The fourth-order valence-corrected chi connectivity index (χ4v) is 0. The summed E-state index contributed by atoms with van der Waals surface area (Å²) < 4.78 is 0. The molecule has 0 atom stereocenters. The zero-order chi connectivity index (χ0) is 8.99. The van der Waals surface area contributed by atoms with Gasteiger partial charge in [-0.25, -0.2) is 4.79 Å². The van der Waals surface area contributed by atoms with Gasteiger partial charge in [-0.2, -0.15) is 0 Å². The Labute approximate surface area is 57.5 Å². The van der Waals surface area contributed by atoms with Crippen molar-refractivity contribution >= 4 is 6.16 Å². The van der Waals surface area contributed by atoms with Crippen LogP contribution in [0, 0.1) is 0 Å². The van der Waals surface area contributed by atoms with Crippen LogP contribution in [-0.4, -0.2) is 40.0 Å². The van der Waals surface area contributed by atoms with Gasteiger partial charge in [-0.3, -0.25) is 0 Å². The highest BCUT2D eigenvalue weighted by Crippen LogP contribution is 1.42. The lowest BCUT2D eigenvalue weighted by Crippen LogP contribution is -1.92. The van der Waals surface area contributed by atoms with Crippen LogP contribution in [0.3, 0.4) is 0 Å². The zero-order valence-electron chi connectivity index (χ0n) is 5.27. The second-order valence-corrected chi connectivity index (χ2v) is 0.648. The topological polar surface area (TPSA) is 150 Å². The molecule has 0 saturated heterocycles. The van der Waals surface area contributed by atoms with Gasteiger partial charge in [0.2, 0.25) is 0 Å². The summed E-state index contributed by atoms with van der Waals surface area (Å²) in [5.41, 5.74) is 8.81. The first-order valence-electron chi connectivity index (χ1n) is 2.10. The van der Waals surface area contributed by atoms with Gasteiger partial charge in [0.25, 0.3) is 0 Å². The lowest BCUT2D eigenvalue weighted by molar-refractivity contribution is 0.137. The van der Waals surface area contributed by atoms with E-state index in [1.807, 2.05) is 0 Å². The summed E-state index contributed by atoms with van der Waals surface area (Å²) in [5, 5.41) is 28.6. The van der Waals surface area contributed by atoms with Gasteiger partial charge in [-0.15, -0.1) is 0 Å². The van der Waals surface area contributed by atoms with E-state index in [1.54, 1.807) is 0 Å². The molecule has 0 spiro atoms. The molecule has 0 saturated carbocycles. The second-order valence-electron chi connectivity index (χ2n) is 0.648. The van der Waals surface area contributed by atoms with E-state index < -0.39 is 6.16 Å². The maximum Gasteiger partial charge on any atom is 0.503 e. The van der Waals surface area contributed by atoms with Crippen molar-refractivity contribution in [2.75, 3.05) is 13.5 Å². The molecule has 0 bridgehead atoms. The van der Waals surface area contributed by atoms with Crippen LogP contribution < -0.4 is 11.5 Å². The normalized spacial score (nSPS) is 6.00. The molecule has 0 aliphatic heterocycles. The summed E-state index contributed by atoms with van der Waals surface area (Å²) >= 11 is 0. The Morgan fingerprint density at radius 1 is 1.10 bits per heavy atom. The molecule has 0 aromatic carbocycles. The Balaban J connectivity index is -0.0000000750. The van der Waals surface area contributed by atoms with Crippen LogP contribution in [0.25, 0.3) is 0 Å². The average Bonchev–Trinajstić information content (AvgIpc) is 1.65. The monoisotopic (exact) mass is 156 g/mol. The number of nitrogens with two attached hydrogens (primary N) is 2. The molecular formula is C3H12N2O5. The first-order valence-corrected chi connectivity index (χ1v) is 2.10. The van der Waals surface area contributed by atoms with E-state index in [0.29, 0.717) is 0 Å². The van der Waals surface area contributed by atoms with Crippen LogP contribution in [0.2, 0.25) is 0 Å².